The second kappa shape index (κ2) is 11.6. The van der Waals surface area contributed by atoms with Crippen LogP contribution in [0.4, 0.5) is 0 Å². The van der Waals surface area contributed by atoms with Gasteiger partial charge in [0.25, 0.3) is 0 Å². The van der Waals surface area contributed by atoms with Gasteiger partial charge in [-0.15, -0.1) is 0 Å². The van der Waals surface area contributed by atoms with Crippen LogP contribution >= 0.6 is 0 Å². The van der Waals surface area contributed by atoms with Gasteiger partial charge in [-0.1, -0.05) is 132 Å². The van der Waals surface area contributed by atoms with Gasteiger partial charge in [-0.05, 0) is 29.4 Å². The van der Waals surface area contributed by atoms with Gasteiger partial charge in [0.1, 0.15) is 5.60 Å². The summed E-state index contributed by atoms with van der Waals surface area (Å²) in [5.41, 5.74) is 2.29. The number of ether oxygens (including phenoxy) is 1. The van der Waals surface area contributed by atoms with E-state index in [1.807, 2.05) is 7.11 Å². The predicted octanol–water partition coefficient (Wildman–Crippen LogP) is 8.13. The Kier molecular flexibility index (Phi) is 8.80. The van der Waals surface area contributed by atoms with E-state index in [4.69, 9.17) is 4.74 Å². The van der Waals surface area contributed by atoms with Gasteiger partial charge in [0.05, 0.1) is 0 Å². The van der Waals surface area contributed by atoms with E-state index in [-0.39, 0.29) is 5.60 Å². The summed E-state index contributed by atoms with van der Waals surface area (Å²) in [7, 11) is 1.93. The largest absolute Gasteiger partial charge is 0.368 e. The quantitative estimate of drug-likeness (QED) is 0.331. The van der Waals surface area contributed by atoms with Crippen LogP contribution in [-0.2, 0) is 10.3 Å². The van der Waals surface area contributed by atoms with E-state index in [0.717, 1.165) is 5.92 Å². The molecule has 0 saturated heterocycles. The third kappa shape index (κ3) is 5.31. The summed E-state index contributed by atoms with van der Waals surface area (Å²) in [5.74, 6) is 1.29. The summed E-state index contributed by atoms with van der Waals surface area (Å²) in [6.07, 6.45) is 14.8. The highest BCUT2D eigenvalue weighted by molar-refractivity contribution is 5.38. The van der Waals surface area contributed by atoms with Gasteiger partial charge in [0.15, 0.2) is 0 Å². The molecule has 1 saturated carbocycles. The molecule has 0 aromatic heterocycles. The Balaban J connectivity index is 1.92. The normalized spacial score (nSPS) is 16.2. The van der Waals surface area contributed by atoms with Gasteiger partial charge >= 0.3 is 0 Å². The van der Waals surface area contributed by atoms with Crippen LogP contribution in [0.15, 0.2) is 60.7 Å². The summed E-state index contributed by atoms with van der Waals surface area (Å²) in [5, 5.41) is 0. The Morgan fingerprint density at radius 3 is 1.83 bits per heavy atom. The molecule has 1 aliphatic rings. The Bertz CT molecular complexity index is 632. The van der Waals surface area contributed by atoms with Crippen molar-refractivity contribution in [3.63, 3.8) is 0 Å². The van der Waals surface area contributed by atoms with Crippen LogP contribution in [0.5, 0.6) is 0 Å². The molecule has 0 radical (unpaired) electrons. The van der Waals surface area contributed by atoms with Gasteiger partial charge in [0, 0.05) is 7.11 Å². The summed E-state index contributed by atoms with van der Waals surface area (Å²) >= 11 is 0. The molecule has 0 N–H and O–H groups in total. The zero-order valence-electron chi connectivity index (χ0n) is 18.6. The average molecular weight is 393 g/mol. The van der Waals surface area contributed by atoms with Gasteiger partial charge in [-0.2, -0.15) is 0 Å². The fraction of sp³-hybridized carbons (Fsp3) is 0.571. The minimum atomic E-state index is -0.346. The van der Waals surface area contributed by atoms with Crippen LogP contribution < -0.4 is 0 Å². The molecule has 1 heteroatoms. The molecule has 158 valence electrons. The third-order valence-corrected chi connectivity index (χ3v) is 7.09. The van der Waals surface area contributed by atoms with Crippen molar-refractivity contribution in [1.82, 2.24) is 0 Å². The van der Waals surface area contributed by atoms with Crippen LogP contribution in [0.25, 0.3) is 0 Å². The Hall–Kier alpha value is -1.60. The summed E-state index contributed by atoms with van der Waals surface area (Å²) in [6.45, 7) is 2.29. The number of methoxy groups -OCH3 is 1. The van der Waals surface area contributed by atoms with Crippen LogP contribution in [0.2, 0.25) is 0 Å². The third-order valence-electron chi connectivity index (χ3n) is 7.09. The first-order valence-corrected chi connectivity index (χ1v) is 12.0. The molecule has 1 aliphatic carbocycles. The van der Waals surface area contributed by atoms with E-state index in [1.165, 1.54) is 81.8 Å². The molecule has 1 unspecified atom stereocenters. The van der Waals surface area contributed by atoms with Crippen LogP contribution in [0.3, 0.4) is 0 Å². The van der Waals surface area contributed by atoms with Crippen LogP contribution in [-0.4, -0.2) is 7.11 Å². The number of hydrogen-bond acceptors (Lipinski definition) is 1. The standard InChI is InChI=1S/C28H40O/c1-3-4-5-6-7-14-23-27(24-17-15-16-18-24)28(29-2,25-19-10-8-11-20-25)26-21-12-9-13-22-26/h8-13,19-22,24,27H,3-7,14-18,23H2,1-2H3. The van der Waals surface area contributed by atoms with E-state index in [1.54, 1.807) is 0 Å². The molecule has 0 heterocycles. The summed E-state index contributed by atoms with van der Waals surface area (Å²) in [6, 6.07) is 22.0. The maximum Gasteiger partial charge on any atom is 0.121 e. The fourth-order valence-electron chi connectivity index (χ4n) is 5.63. The minimum absolute atomic E-state index is 0.346. The zero-order chi connectivity index (χ0) is 20.4. The number of benzene rings is 2. The lowest BCUT2D eigenvalue weighted by molar-refractivity contribution is -0.0545. The van der Waals surface area contributed by atoms with E-state index >= 15 is 0 Å². The van der Waals surface area contributed by atoms with Crippen molar-refractivity contribution >= 4 is 0 Å². The average Bonchev–Trinajstić information content (AvgIpc) is 3.31. The van der Waals surface area contributed by atoms with E-state index in [0.29, 0.717) is 5.92 Å². The first kappa shape index (κ1) is 22.1. The molecule has 2 aromatic rings. The topological polar surface area (TPSA) is 9.23 Å². The Morgan fingerprint density at radius 1 is 0.793 bits per heavy atom. The van der Waals surface area contributed by atoms with E-state index in [2.05, 4.69) is 67.6 Å². The maximum absolute atomic E-state index is 6.58. The van der Waals surface area contributed by atoms with Crippen molar-refractivity contribution in [1.29, 1.82) is 0 Å². The first-order chi connectivity index (χ1) is 14.3. The second-order valence-corrected chi connectivity index (χ2v) is 8.88. The fourth-order valence-corrected chi connectivity index (χ4v) is 5.63. The highest BCUT2D eigenvalue weighted by Gasteiger charge is 2.46. The van der Waals surface area contributed by atoms with Gasteiger partial charge in [-0.25, -0.2) is 0 Å². The van der Waals surface area contributed by atoms with Gasteiger partial charge in [-0.3, -0.25) is 0 Å². The second-order valence-electron chi connectivity index (χ2n) is 8.88. The lowest BCUT2D eigenvalue weighted by atomic mass is 9.67. The van der Waals surface area contributed by atoms with Crippen LogP contribution in [0.1, 0.15) is 88.7 Å². The SMILES string of the molecule is CCCCCCCCC(C1CCCC1)C(OC)(c1ccccc1)c1ccccc1. The lowest BCUT2D eigenvalue weighted by Gasteiger charge is -2.44. The molecule has 0 aliphatic heterocycles. The van der Waals surface area contributed by atoms with Gasteiger partial charge < -0.3 is 4.74 Å². The van der Waals surface area contributed by atoms with Crippen molar-refractivity contribution in [2.75, 3.05) is 7.11 Å². The first-order valence-electron chi connectivity index (χ1n) is 12.0. The molecule has 3 rings (SSSR count). The van der Waals surface area contributed by atoms with Crippen molar-refractivity contribution in [3.05, 3.63) is 71.8 Å². The van der Waals surface area contributed by atoms with E-state index < -0.39 is 0 Å². The van der Waals surface area contributed by atoms with Gasteiger partial charge in [0.2, 0.25) is 0 Å². The monoisotopic (exact) mass is 392 g/mol. The van der Waals surface area contributed by atoms with E-state index in [9.17, 15) is 0 Å². The zero-order valence-corrected chi connectivity index (χ0v) is 18.6. The molecule has 0 bridgehead atoms. The Morgan fingerprint density at radius 2 is 1.31 bits per heavy atom. The maximum atomic E-state index is 6.58. The number of hydrogen-bond donors (Lipinski definition) is 0. The number of unbranched alkanes of at least 4 members (excludes halogenated alkanes) is 5. The molecule has 1 atom stereocenters. The van der Waals surface area contributed by atoms with Crippen molar-refractivity contribution in [3.8, 4) is 0 Å². The van der Waals surface area contributed by atoms with Crippen molar-refractivity contribution < 1.29 is 4.74 Å². The highest BCUT2D eigenvalue weighted by atomic mass is 16.5. The summed E-state index contributed by atoms with van der Waals surface area (Å²) in [4.78, 5) is 0. The molecule has 0 amide bonds. The molecule has 1 fully saturated rings. The smallest absolute Gasteiger partial charge is 0.121 e. The Labute approximate surface area is 178 Å². The molecule has 2 aromatic carbocycles. The number of rotatable bonds is 12. The molecular weight excluding hydrogens is 352 g/mol. The molecule has 29 heavy (non-hydrogen) atoms. The van der Waals surface area contributed by atoms with Crippen molar-refractivity contribution in [2.45, 2.75) is 83.2 Å². The van der Waals surface area contributed by atoms with Crippen LogP contribution in [0, 0.1) is 11.8 Å². The highest BCUT2D eigenvalue weighted by Crippen LogP contribution is 2.49. The minimum Gasteiger partial charge on any atom is -0.368 e. The lowest BCUT2D eigenvalue weighted by Crippen LogP contribution is -2.42. The van der Waals surface area contributed by atoms with Crippen molar-refractivity contribution in [2.24, 2.45) is 11.8 Å². The summed E-state index contributed by atoms with van der Waals surface area (Å²) < 4.78 is 6.58. The molecule has 1 nitrogen and oxygen atoms in total. The predicted molar refractivity (Wildman–Crippen MR) is 124 cm³/mol. The molecule has 0 spiro atoms. The molecular formula is C28H40O.